The van der Waals surface area contributed by atoms with Crippen LogP contribution in [-0.2, 0) is 14.3 Å². The molecule has 1 rings (SSSR count). The second-order valence-corrected chi connectivity index (χ2v) is 3.38. The topological polar surface area (TPSA) is 75.6 Å². The first-order chi connectivity index (χ1) is 6.12. The first-order valence-corrected chi connectivity index (χ1v) is 4.08. The van der Waals surface area contributed by atoms with Gasteiger partial charge in [-0.2, -0.15) is 0 Å². The summed E-state index contributed by atoms with van der Waals surface area (Å²) in [6.45, 7) is 0. The van der Waals surface area contributed by atoms with Gasteiger partial charge in [0.15, 0.2) is 0 Å². The van der Waals surface area contributed by atoms with E-state index in [0.717, 1.165) is 0 Å². The Labute approximate surface area is 76.1 Å². The maximum atomic E-state index is 10.5. The molecule has 0 spiro atoms. The van der Waals surface area contributed by atoms with Crippen LogP contribution in [0.25, 0.3) is 0 Å². The molecule has 0 aromatic heterocycles. The van der Waals surface area contributed by atoms with E-state index in [1.807, 2.05) is 0 Å². The molecule has 0 bridgehead atoms. The maximum absolute atomic E-state index is 10.5. The van der Waals surface area contributed by atoms with E-state index in [9.17, 15) is 9.59 Å². The van der Waals surface area contributed by atoms with Gasteiger partial charge in [0, 0.05) is 7.11 Å². The van der Waals surface area contributed by atoms with Gasteiger partial charge in [-0.15, -0.1) is 0 Å². The van der Waals surface area contributed by atoms with Crippen molar-refractivity contribution in [3.63, 3.8) is 0 Å². The second kappa shape index (κ2) is 3.74. The molecule has 0 aromatic carbocycles. The zero-order chi connectivity index (χ0) is 9.90. The van der Waals surface area contributed by atoms with Crippen LogP contribution in [0.1, 0.15) is 19.3 Å². The lowest BCUT2D eigenvalue weighted by Gasteiger charge is -2.45. The fourth-order valence-corrected chi connectivity index (χ4v) is 1.71. The number of methoxy groups -OCH3 is 1. The SMILES string of the molecule is COC1CC(CC(=O)O)(NC=O)C1. The highest BCUT2D eigenvalue weighted by Gasteiger charge is 2.45. The molecule has 0 aromatic rings. The van der Waals surface area contributed by atoms with Gasteiger partial charge in [0.25, 0.3) is 0 Å². The monoisotopic (exact) mass is 187 g/mol. The van der Waals surface area contributed by atoms with Crippen molar-refractivity contribution in [3.8, 4) is 0 Å². The van der Waals surface area contributed by atoms with Crippen molar-refractivity contribution in [1.29, 1.82) is 0 Å². The van der Waals surface area contributed by atoms with Gasteiger partial charge >= 0.3 is 5.97 Å². The van der Waals surface area contributed by atoms with Gasteiger partial charge in [-0.25, -0.2) is 0 Å². The fourth-order valence-electron chi connectivity index (χ4n) is 1.71. The number of amides is 1. The molecule has 0 unspecified atom stereocenters. The smallest absolute Gasteiger partial charge is 0.305 e. The largest absolute Gasteiger partial charge is 0.481 e. The zero-order valence-electron chi connectivity index (χ0n) is 7.45. The molecule has 1 aliphatic rings. The molecule has 5 heteroatoms. The van der Waals surface area contributed by atoms with Crippen LogP contribution in [0.4, 0.5) is 0 Å². The van der Waals surface area contributed by atoms with Crippen LogP contribution in [0.5, 0.6) is 0 Å². The number of carboxylic acid groups (broad SMARTS) is 1. The summed E-state index contributed by atoms with van der Waals surface area (Å²) in [5, 5.41) is 11.2. The van der Waals surface area contributed by atoms with Crippen LogP contribution < -0.4 is 5.32 Å². The van der Waals surface area contributed by atoms with Gasteiger partial charge in [-0.05, 0) is 12.8 Å². The Morgan fingerprint density at radius 1 is 1.77 bits per heavy atom. The Morgan fingerprint density at radius 3 is 2.77 bits per heavy atom. The van der Waals surface area contributed by atoms with Gasteiger partial charge in [-0.1, -0.05) is 0 Å². The number of rotatable bonds is 5. The summed E-state index contributed by atoms with van der Waals surface area (Å²) in [6, 6.07) is 0. The Bertz CT molecular complexity index is 210. The summed E-state index contributed by atoms with van der Waals surface area (Å²) in [5.41, 5.74) is -0.575. The normalized spacial score (nSPS) is 31.9. The van der Waals surface area contributed by atoms with E-state index in [4.69, 9.17) is 9.84 Å². The van der Waals surface area contributed by atoms with Crippen molar-refractivity contribution < 1.29 is 19.4 Å². The minimum Gasteiger partial charge on any atom is -0.481 e. The van der Waals surface area contributed by atoms with Crippen LogP contribution >= 0.6 is 0 Å². The van der Waals surface area contributed by atoms with E-state index in [-0.39, 0.29) is 12.5 Å². The Kier molecular flexibility index (Phi) is 2.87. The lowest BCUT2D eigenvalue weighted by Crippen LogP contribution is -2.58. The predicted octanol–water partition coefficient (Wildman–Crippen LogP) is -0.245. The highest BCUT2D eigenvalue weighted by molar-refractivity contribution is 5.69. The molecule has 1 amide bonds. The Hall–Kier alpha value is -1.10. The fraction of sp³-hybridized carbons (Fsp3) is 0.750. The average molecular weight is 187 g/mol. The summed E-state index contributed by atoms with van der Waals surface area (Å²) < 4.78 is 5.02. The van der Waals surface area contributed by atoms with Gasteiger partial charge in [0.05, 0.1) is 18.1 Å². The average Bonchev–Trinajstić information content (AvgIpc) is 1.98. The van der Waals surface area contributed by atoms with Crippen molar-refractivity contribution in [2.75, 3.05) is 7.11 Å². The molecule has 1 saturated carbocycles. The third-order valence-electron chi connectivity index (χ3n) is 2.42. The van der Waals surface area contributed by atoms with Crippen molar-refractivity contribution in [2.45, 2.75) is 30.9 Å². The summed E-state index contributed by atoms with van der Waals surface area (Å²) in [7, 11) is 1.58. The number of carbonyl (C=O) groups is 2. The van der Waals surface area contributed by atoms with E-state index < -0.39 is 11.5 Å². The van der Waals surface area contributed by atoms with E-state index in [0.29, 0.717) is 19.3 Å². The summed E-state index contributed by atoms with van der Waals surface area (Å²) in [4.78, 5) is 20.7. The Morgan fingerprint density at radius 2 is 2.38 bits per heavy atom. The molecule has 0 radical (unpaired) electrons. The van der Waals surface area contributed by atoms with Gasteiger partial charge < -0.3 is 15.2 Å². The third kappa shape index (κ3) is 2.18. The zero-order valence-corrected chi connectivity index (χ0v) is 7.45. The molecule has 0 heterocycles. The second-order valence-electron chi connectivity index (χ2n) is 3.38. The van der Waals surface area contributed by atoms with Crippen LogP contribution in [-0.4, -0.2) is 36.2 Å². The lowest BCUT2D eigenvalue weighted by molar-refractivity contribution is -0.142. The highest BCUT2D eigenvalue weighted by atomic mass is 16.5. The molecular formula is C8H13NO4. The molecule has 0 saturated heterocycles. The van der Waals surface area contributed by atoms with Gasteiger partial charge in [0.2, 0.25) is 6.41 Å². The number of nitrogens with one attached hydrogen (secondary N) is 1. The summed E-state index contributed by atoms with van der Waals surface area (Å²) in [5.74, 6) is -0.899. The molecule has 74 valence electrons. The van der Waals surface area contributed by atoms with Crippen molar-refractivity contribution in [2.24, 2.45) is 0 Å². The van der Waals surface area contributed by atoms with Crippen molar-refractivity contribution in [1.82, 2.24) is 5.32 Å². The number of hydrogen-bond donors (Lipinski definition) is 2. The lowest BCUT2D eigenvalue weighted by atomic mass is 9.72. The molecular weight excluding hydrogens is 174 g/mol. The van der Waals surface area contributed by atoms with E-state index in [2.05, 4.69) is 5.32 Å². The number of ether oxygens (including phenoxy) is 1. The van der Waals surface area contributed by atoms with Gasteiger partial charge in [0.1, 0.15) is 0 Å². The van der Waals surface area contributed by atoms with Crippen molar-refractivity contribution >= 4 is 12.4 Å². The van der Waals surface area contributed by atoms with E-state index >= 15 is 0 Å². The summed E-state index contributed by atoms with van der Waals surface area (Å²) >= 11 is 0. The van der Waals surface area contributed by atoms with Crippen LogP contribution in [0.2, 0.25) is 0 Å². The Balaban J connectivity index is 2.48. The van der Waals surface area contributed by atoms with E-state index in [1.165, 1.54) is 0 Å². The minimum atomic E-state index is -0.899. The maximum Gasteiger partial charge on any atom is 0.305 e. The van der Waals surface area contributed by atoms with Crippen molar-refractivity contribution in [3.05, 3.63) is 0 Å². The number of aliphatic carboxylic acids is 1. The molecule has 1 fully saturated rings. The van der Waals surface area contributed by atoms with Crippen LogP contribution in [0.15, 0.2) is 0 Å². The standard InChI is InChI=1S/C8H13NO4/c1-13-6-2-8(3-6,9-5-10)4-7(11)12/h5-6H,2-4H2,1H3,(H,9,10)(H,11,12). The molecule has 1 aliphatic carbocycles. The number of carboxylic acids is 1. The summed E-state index contributed by atoms with van der Waals surface area (Å²) in [6.07, 6.45) is 1.75. The molecule has 5 nitrogen and oxygen atoms in total. The number of hydrogen-bond acceptors (Lipinski definition) is 3. The molecule has 2 N–H and O–H groups in total. The molecule has 13 heavy (non-hydrogen) atoms. The van der Waals surface area contributed by atoms with Gasteiger partial charge in [-0.3, -0.25) is 9.59 Å². The highest BCUT2D eigenvalue weighted by Crippen LogP contribution is 2.36. The van der Waals surface area contributed by atoms with Crippen LogP contribution in [0.3, 0.4) is 0 Å². The minimum absolute atomic E-state index is 0.0361. The number of carbonyl (C=O) groups excluding carboxylic acids is 1. The molecule has 0 atom stereocenters. The van der Waals surface area contributed by atoms with Crippen LogP contribution in [0, 0.1) is 0 Å². The first kappa shape index (κ1) is 9.98. The third-order valence-corrected chi connectivity index (χ3v) is 2.42. The molecule has 0 aliphatic heterocycles. The van der Waals surface area contributed by atoms with E-state index in [1.54, 1.807) is 7.11 Å². The quantitative estimate of drug-likeness (QED) is 0.582. The first-order valence-electron chi connectivity index (χ1n) is 4.08. The predicted molar refractivity (Wildman–Crippen MR) is 44.2 cm³/mol.